The first kappa shape index (κ1) is 27.7. The Bertz CT molecular complexity index is 501. The van der Waals surface area contributed by atoms with Crippen LogP contribution < -0.4 is 10.6 Å². The maximum atomic E-state index is 11.5. The number of carbonyl (C=O) groups excluding carboxylic acids is 3. The Kier molecular flexibility index (Phi) is 18.5. The van der Waals surface area contributed by atoms with Crippen molar-refractivity contribution in [1.82, 2.24) is 10.6 Å². The maximum absolute atomic E-state index is 11.5. The molecule has 0 spiro atoms. The Morgan fingerprint density at radius 3 is 1.80 bits per heavy atom. The minimum absolute atomic E-state index is 0.109. The number of methoxy groups -OCH3 is 1. The molecule has 0 fully saturated rings. The third-order valence-electron chi connectivity index (χ3n) is 3.35. The number of hydrogen-bond acceptors (Lipinski definition) is 9. The highest BCUT2D eigenvalue weighted by Gasteiger charge is 2.05. The number of esters is 1. The van der Waals surface area contributed by atoms with Crippen molar-refractivity contribution in [3.8, 4) is 0 Å². The summed E-state index contributed by atoms with van der Waals surface area (Å²) < 4.78 is 24.9. The van der Waals surface area contributed by atoms with Crippen molar-refractivity contribution in [1.29, 1.82) is 0 Å². The minimum Gasteiger partial charge on any atom is -0.480 e. The second-order valence-electron chi connectivity index (χ2n) is 5.85. The van der Waals surface area contributed by atoms with Gasteiger partial charge in [0, 0.05) is 25.9 Å². The second kappa shape index (κ2) is 20.0. The highest BCUT2D eigenvalue weighted by atomic mass is 16.5. The molecule has 3 N–H and O–H groups in total. The summed E-state index contributed by atoms with van der Waals surface area (Å²) in [5.41, 5.74) is 0. The lowest BCUT2D eigenvalue weighted by atomic mass is 10.2. The number of rotatable bonds is 20. The molecular weight excluding hydrogens is 404 g/mol. The topological polar surface area (TPSA) is 159 Å². The van der Waals surface area contributed by atoms with Crippen LogP contribution in [0.1, 0.15) is 19.3 Å². The van der Waals surface area contributed by atoms with Crippen LogP contribution in [0.15, 0.2) is 0 Å². The van der Waals surface area contributed by atoms with Gasteiger partial charge in [0.05, 0.1) is 46.8 Å². The van der Waals surface area contributed by atoms with Crippen LogP contribution >= 0.6 is 0 Å². The number of amides is 2. The Morgan fingerprint density at radius 2 is 1.23 bits per heavy atom. The van der Waals surface area contributed by atoms with Crippen molar-refractivity contribution < 1.29 is 48.0 Å². The molecule has 0 bridgehead atoms. The monoisotopic (exact) mass is 436 g/mol. The van der Waals surface area contributed by atoms with Crippen LogP contribution in [0.2, 0.25) is 0 Å². The molecule has 0 atom stereocenters. The van der Waals surface area contributed by atoms with Crippen LogP contribution in [0, 0.1) is 0 Å². The third kappa shape index (κ3) is 20.5. The van der Waals surface area contributed by atoms with E-state index in [0.29, 0.717) is 26.1 Å². The van der Waals surface area contributed by atoms with Gasteiger partial charge in [-0.15, -0.1) is 0 Å². The van der Waals surface area contributed by atoms with Gasteiger partial charge in [-0.05, 0) is 6.42 Å². The maximum Gasteiger partial charge on any atom is 0.329 e. The van der Waals surface area contributed by atoms with Crippen LogP contribution in [0.4, 0.5) is 0 Å². The molecule has 0 aromatic heterocycles. The summed E-state index contributed by atoms with van der Waals surface area (Å²) in [6.07, 6.45) is 0.890. The van der Waals surface area contributed by atoms with E-state index in [9.17, 15) is 19.2 Å². The summed E-state index contributed by atoms with van der Waals surface area (Å²) >= 11 is 0. The summed E-state index contributed by atoms with van der Waals surface area (Å²) in [6.45, 7) is 1.69. The van der Waals surface area contributed by atoms with Gasteiger partial charge in [-0.2, -0.15) is 0 Å². The van der Waals surface area contributed by atoms with E-state index < -0.39 is 5.97 Å². The van der Waals surface area contributed by atoms with Gasteiger partial charge in [-0.1, -0.05) is 0 Å². The summed E-state index contributed by atoms with van der Waals surface area (Å²) in [5, 5.41) is 13.6. The predicted octanol–water partition coefficient (Wildman–Crippen LogP) is -1.29. The van der Waals surface area contributed by atoms with Crippen molar-refractivity contribution in [2.45, 2.75) is 19.3 Å². The van der Waals surface area contributed by atoms with Gasteiger partial charge in [0.1, 0.15) is 13.2 Å². The lowest BCUT2D eigenvalue weighted by molar-refractivity contribution is -0.143. The first-order valence-corrected chi connectivity index (χ1v) is 9.58. The molecule has 0 saturated carbocycles. The number of carbonyl (C=O) groups is 4. The van der Waals surface area contributed by atoms with Crippen molar-refractivity contribution in [3.63, 3.8) is 0 Å². The molecule has 0 aliphatic heterocycles. The smallest absolute Gasteiger partial charge is 0.329 e. The molecule has 2 amide bonds. The zero-order valence-electron chi connectivity index (χ0n) is 17.3. The fraction of sp³-hybridized carbons (Fsp3) is 0.778. The minimum atomic E-state index is -1.04. The van der Waals surface area contributed by atoms with Gasteiger partial charge in [0.25, 0.3) is 0 Å². The average Bonchev–Trinajstić information content (AvgIpc) is 2.71. The summed E-state index contributed by atoms with van der Waals surface area (Å²) in [6, 6.07) is 0. The first-order chi connectivity index (χ1) is 14.5. The molecule has 0 aromatic rings. The van der Waals surface area contributed by atoms with E-state index >= 15 is 0 Å². The van der Waals surface area contributed by atoms with Crippen molar-refractivity contribution in [3.05, 3.63) is 0 Å². The Hall–Kier alpha value is -2.28. The second-order valence-corrected chi connectivity index (χ2v) is 5.85. The van der Waals surface area contributed by atoms with Crippen LogP contribution in [-0.2, 0) is 42.9 Å². The van der Waals surface area contributed by atoms with Crippen LogP contribution in [0.25, 0.3) is 0 Å². The lowest BCUT2D eigenvalue weighted by Crippen LogP contribution is -2.31. The molecule has 0 radical (unpaired) electrons. The zero-order valence-corrected chi connectivity index (χ0v) is 17.3. The average molecular weight is 436 g/mol. The number of carboxylic acid groups (broad SMARTS) is 1. The van der Waals surface area contributed by atoms with E-state index in [1.165, 1.54) is 7.11 Å². The molecule has 12 heteroatoms. The molecule has 0 unspecified atom stereocenters. The Labute approximate surface area is 175 Å². The van der Waals surface area contributed by atoms with Gasteiger partial charge >= 0.3 is 11.9 Å². The third-order valence-corrected chi connectivity index (χ3v) is 3.35. The fourth-order valence-electron chi connectivity index (χ4n) is 1.92. The lowest BCUT2D eigenvalue weighted by Gasteiger charge is -2.08. The Morgan fingerprint density at radius 1 is 0.700 bits per heavy atom. The van der Waals surface area contributed by atoms with Crippen LogP contribution in [-0.4, -0.2) is 102 Å². The van der Waals surface area contributed by atoms with E-state index in [1.807, 2.05) is 0 Å². The number of ether oxygens (including phenoxy) is 5. The molecule has 174 valence electrons. The van der Waals surface area contributed by atoms with Crippen molar-refractivity contribution >= 4 is 23.8 Å². The van der Waals surface area contributed by atoms with Crippen molar-refractivity contribution in [2.75, 3.05) is 73.1 Å². The van der Waals surface area contributed by atoms with Gasteiger partial charge in [0.15, 0.2) is 0 Å². The largest absolute Gasteiger partial charge is 0.480 e. The van der Waals surface area contributed by atoms with E-state index in [1.54, 1.807) is 0 Å². The molecule has 30 heavy (non-hydrogen) atoms. The molecule has 0 heterocycles. The predicted molar refractivity (Wildman–Crippen MR) is 103 cm³/mol. The van der Waals surface area contributed by atoms with Gasteiger partial charge in [-0.3, -0.25) is 14.4 Å². The van der Waals surface area contributed by atoms with Gasteiger partial charge < -0.3 is 39.4 Å². The first-order valence-electron chi connectivity index (χ1n) is 9.58. The number of carboxylic acids is 1. The standard InChI is InChI=1S/C18H32N2O10/c1-26-18(25)4-2-3-15(21)19-5-7-27-9-11-29-13-16(22)20-6-8-28-10-12-30-14-17(23)24/h2-14H2,1H3,(H,19,21)(H,20,22)(H,23,24). The molecule has 0 aliphatic carbocycles. The summed E-state index contributed by atoms with van der Waals surface area (Å²) in [7, 11) is 1.30. The van der Waals surface area contributed by atoms with Gasteiger partial charge in [0.2, 0.25) is 11.8 Å². The molecule has 0 aliphatic rings. The molecule has 0 rings (SSSR count). The molecular formula is C18H32N2O10. The van der Waals surface area contributed by atoms with Crippen LogP contribution in [0.3, 0.4) is 0 Å². The fourth-order valence-corrected chi connectivity index (χ4v) is 1.92. The Balaban J connectivity index is 3.32. The van der Waals surface area contributed by atoms with E-state index in [4.69, 9.17) is 24.1 Å². The zero-order chi connectivity index (χ0) is 22.5. The number of nitrogens with one attached hydrogen (secondary N) is 2. The highest BCUT2D eigenvalue weighted by molar-refractivity contribution is 5.77. The quantitative estimate of drug-likeness (QED) is 0.155. The van der Waals surface area contributed by atoms with E-state index in [0.717, 1.165) is 0 Å². The van der Waals surface area contributed by atoms with Crippen molar-refractivity contribution in [2.24, 2.45) is 0 Å². The number of aliphatic carboxylic acids is 1. The molecule has 0 aromatic carbocycles. The molecule has 12 nitrogen and oxygen atoms in total. The summed E-state index contributed by atoms with van der Waals surface area (Å²) in [4.78, 5) is 44.1. The van der Waals surface area contributed by atoms with Crippen LogP contribution in [0.5, 0.6) is 0 Å². The SMILES string of the molecule is COC(=O)CCCC(=O)NCCOCCOCC(=O)NCCOCCOCC(=O)O. The highest BCUT2D eigenvalue weighted by Crippen LogP contribution is 1.96. The molecule has 0 saturated heterocycles. The van der Waals surface area contributed by atoms with E-state index in [2.05, 4.69) is 15.4 Å². The number of hydrogen-bond donors (Lipinski definition) is 3. The normalized spacial score (nSPS) is 10.4. The summed E-state index contributed by atoms with van der Waals surface area (Å²) in [5.74, 6) is -1.83. The van der Waals surface area contributed by atoms with Gasteiger partial charge in [-0.25, -0.2) is 4.79 Å². The van der Waals surface area contributed by atoms with E-state index in [-0.39, 0.29) is 76.9 Å².